The molecule has 0 saturated heterocycles. The standard InChI is InChI=1S/C15H18N2O3S/c1-4-12-9-13(17(2)16-12)10-15(18)11-5-7-14(8-6-11)21(3,19)20/h5-9H,4,10H2,1-3H3. The first-order valence-corrected chi connectivity index (χ1v) is 8.55. The van der Waals surface area contributed by atoms with Gasteiger partial charge in [-0.05, 0) is 24.6 Å². The molecule has 0 saturated carbocycles. The van der Waals surface area contributed by atoms with Gasteiger partial charge in [0.15, 0.2) is 15.6 Å². The minimum Gasteiger partial charge on any atom is -0.294 e. The quantitative estimate of drug-likeness (QED) is 0.790. The van der Waals surface area contributed by atoms with Gasteiger partial charge in [0.25, 0.3) is 0 Å². The first-order chi connectivity index (χ1) is 9.81. The van der Waals surface area contributed by atoms with E-state index < -0.39 is 9.84 Å². The van der Waals surface area contributed by atoms with Gasteiger partial charge in [-0.2, -0.15) is 5.10 Å². The molecule has 0 aliphatic rings. The van der Waals surface area contributed by atoms with Crippen LogP contribution in [0.2, 0.25) is 0 Å². The first-order valence-electron chi connectivity index (χ1n) is 6.66. The van der Waals surface area contributed by atoms with Gasteiger partial charge in [0, 0.05) is 24.6 Å². The van der Waals surface area contributed by atoms with Gasteiger partial charge in [0.05, 0.1) is 17.0 Å². The number of aromatic nitrogens is 2. The van der Waals surface area contributed by atoms with Crippen LogP contribution in [0.15, 0.2) is 35.2 Å². The molecule has 0 amide bonds. The molecule has 0 bridgehead atoms. The van der Waals surface area contributed by atoms with Crippen LogP contribution in [0, 0.1) is 0 Å². The molecule has 6 heteroatoms. The molecule has 0 fully saturated rings. The van der Waals surface area contributed by atoms with E-state index in [9.17, 15) is 13.2 Å². The Kier molecular flexibility index (Phi) is 4.27. The van der Waals surface area contributed by atoms with E-state index in [-0.39, 0.29) is 17.1 Å². The van der Waals surface area contributed by atoms with Gasteiger partial charge in [-0.1, -0.05) is 19.1 Å². The van der Waals surface area contributed by atoms with E-state index in [2.05, 4.69) is 5.10 Å². The normalized spacial score (nSPS) is 11.6. The summed E-state index contributed by atoms with van der Waals surface area (Å²) in [6.07, 6.45) is 2.22. The second-order valence-electron chi connectivity index (χ2n) is 5.00. The number of sulfone groups is 1. The SMILES string of the molecule is CCc1cc(CC(=O)c2ccc(S(C)(=O)=O)cc2)n(C)n1. The summed E-state index contributed by atoms with van der Waals surface area (Å²) >= 11 is 0. The second-order valence-corrected chi connectivity index (χ2v) is 7.02. The molecule has 112 valence electrons. The molecule has 0 unspecified atom stereocenters. The van der Waals surface area contributed by atoms with Gasteiger partial charge in [-0.15, -0.1) is 0 Å². The molecule has 0 atom stereocenters. The third kappa shape index (κ3) is 3.58. The smallest absolute Gasteiger partial charge is 0.175 e. The Labute approximate surface area is 124 Å². The lowest BCUT2D eigenvalue weighted by Gasteiger charge is -2.03. The third-order valence-electron chi connectivity index (χ3n) is 3.34. The summed E-state index contributed by atoms with van der Waals surface area (Å²) in [5, 5.41) is 4.31. The van der Waals surface area contributed by atoms with Crippen LogP contribution in [0.4, 0.5) is 0 Å². The van der Waals surface area contributed by atoms with Crippen LogP contribution in [-0.2, 0) is 29.7 Å². The molecule has 0 aliphatic heterocycles. The average molecular weight is 306 g/mol. The summed E-state index contributed by atoms with van der Waals surface area (Å²) in [6, 6.07) is 7.95. The number of nitrogens with zero attached hydrogens (tertiary/aromatic N) is 2. The van der Waals surface area contributed by atoms with E-state index >= 15 is 0 Å². The minimum absolute atomic E-state index is 0.0549. The largest absolute Gasteiger partial charge is 0.294 e. The number of rotatable bonds is 5. The van der Waals surface area contributed by atoms with E-state index in [1.54, 1.807) is 16.8 Å². The molecule has 2 aromatic rings. The van der Waals surface area contributed by atoms with Gasteiger partial charge < -0.3 is 0 Å². The minimum atomic E-state index is -3.24. The number of benzene rings is 1. The lowest BCUT2D eigenvalue weighted by molar-refractivity contribution is 0.0990. The summed E-state index contributed by atoms with van der Waals surface area (Å²) in [4.78, 5) is 12.4. The fourth-order valence-electron chi connectivity index (χ4n) is 2.06. The number of Topliss-reactive ketones (excluding diaryl/α,β-unsaturated/α-hetero) is 1. The van der Waals surface area contributed by atoms with Crippen molar-refractivity contribution in [3.63, 3.8) is 0 Å². The molecular formula is C15H18N2O3S. The Hall–Kier alpha value is -1.95. The van der Waals surface area contributed by atoms with E-state index in [1.807, 2.05) is 20.0 Å². The molecular weight excluding hydrogens is 288 g/mol. The van der Waals surface area contributed by atoms with Crippen molar-refractivity contribution < 1.29 is 13.2 Å². The number of ketones is 1. The molecule has 1 heterocycles. The number of aryl methyl sites for hydroxylation is 2. The number of hydrogen-bond acceptors (Lipinski definition) is 4. The third-order valence-corrected chi connectivity index (χ3v) is 4.46. The first kappa shape index (κ1) is 15.4. The summed E-state index contributed by atoms with van der Waals surface area (Å²) < 4.78 is 24.5. The summed E-state index contributed by atoms with van der Waals surface area (Å²) in [5.74, 6) is -0.0549. The van der Waals surface area contributed by atoms with Crippen LogP contribution >= 0.6 is 0 Å². The van der Waals surface area contributed by atoms with Crippen molar-refractivity contribution in [3.8, 4) is 0 Å². The van der Waals surface area contributed by atoms with Crippen molar-refractivity contribution in [2.45, 2.75) is 24.7 Å². The topological polar surface area (TPSA) is 69.0 Å². The van der Waals surface area contributed by atoms with E-state index in [1.165, 1.54) is 12.1 Å². The summed E-state index contributed by atoms with van der Waals surface area (Å²) in [5.41, 5.74) is 2.30. The van der Waals surface area contributed by atoms with Crippen LogP contribution < -0.4 is 0 Å². The van der Waals surface area contributed by atoms with E-state index in [0.29, 0.717) is 5.56 Å². The van der Waals surface area contributed by atoms with Crippen LogP contribution in [0.1, 0.15) is 28.7 Å². The van der Waals surface area contributed by atoms with Crippen LogP contribution in [0.25, 0.3) is 0 Å². The summed E-state index contributed by atoms with van der Waals surface area (Å²) in [6.45, 7) is 2.01. The number of hydrogen-bond donors (Lipinski definition) is 0. The highest BCUT2D eigenvalue weighted by atomic mass is 32.2. The Balaban J connectivity index is 2.18. The van der Waals surface area contributed by atoms with Crippen LogP contribution in [-0.4, -0.2) is 30.2 Å². The highest BCUT2D eigenvalue weighted by molar-refractivity contribution is 7.90. The highest BCUT2D eigenvalue weighted by Gasteiger charge is 2.13. The number of carbonyl (C=O) groups excluding carboxylic acids is 1. The molecule has 0 aliphatic carbocycles. The predicted octanol–water partition coefficient (Wildman–Crippen LogP) is 1.81. The van der Waals surface area contributed by atoms with Gasteiger partial charge in [-0.3, -0.25) is 9.48 Å². The Morgan fingerprint density at radius 2 is 1.86 bits per heavy atom. The summed E-state index contributed by atoms with van der Waals surface area (Å²) in [7, 11) is -1.42. The van der Waals surface area contributed by atoms with Crippen molar-refractivity contribution in [2.24, 2.45) is 7.05 Å². The Morgan fingerprint density at radius 3 is 2.33 bits per heavy atom. The van der Waals surface area contributed by atoms with E-state index in [0.717, 1.165) is 24.1 Å². The predicted molar refractivity (Wildman–Crippen MR) is 80.2 cm³/mol. The molecule has 0 radical (unpaired) electrons. The van der Waals surface area contributed by atoms with Crippen LogP contribution in [0.5, 0.6) is 0 Å². The van der Waals surface area contributed by atoms with Gasteiger partial charge in [0.2, 0.25) is 0 Å². The maximum atomic E-state index is 12.2. The van der Waals surface area contributed by atoms with Crippen molar-refractivity contribution in [1.29, 1.82) is 0 Å². The van der Waals surface area contributed by atoms with Crippen molar-refractivity contribution in [3.05, 3.63) is 47.3 Å². The number of carbonyl (C=O) groups is 1. The van der Waals surface area contributed by atoms with Crippen molar-refractivity contribution in [2.75, 3.05) is 6.26 Å². The second kappa shape index (κ2) is 5.81. The molecule has 0 spiro atoms. The maximum Gasteiger partial charge on any atom is 0.175 e. The van der Waals surface area contributed by atoms with Gasteiger partial charge >= 0.3 is 0 Å². The average Bonchev–Trinajstić information content (AvgIpc) is 2.78. The molecule has 2 rings (SSSR count). The molecule has 21 heavy (non-hydrogen) atoms. The van der Waals surface area contributed by atoms with Crippen LogP contribution in [0.3, 0.4) is 0 Å². The maximum absolute atomic E-state index is 12.2. The lowest BCUT2D eigenvalue weighted by atomic mass is 10.1. The zero-order valence-corrected chi connectivity index (χ0v) is 13.1. The zero-order chi connectivity index (χ0) is 15.6. The fourth-order valence-corrected chi connectivity index (χ4v) is 2.69. The van der Waals surface area contributed by atoms with Gasteiger partial charge in [-0.25, -0.2) is 8.42 Å². The Morgan fingerprint density at radius 1 is 1.24 bits per heavy atom. The highest BCUT2D eigenvalue weighted by Crippen LogP contribution is 2.13. The van der Waals surface area contributed by atoms with Crippen molar-refractivity contribution in [1.82, 2.24) is 9.78 Å². The van der Waals surface area contributed by atoms with E-state index in [4.69, 9.17) is 0 Å². The molecule has 0 N–H and O–H groups in total. The van der Waals surface area contributed by atoms with Crippen molar-refractivity contribution >= 4 is 15.6 Å². The fraction of sp³-hybridized carbons (Fsp3) is 0.333. The monoisotopic (exact) mass is 306 g/mol. The van der Waals surface area contributed by atoms with Gasteiger partial charge in [0.1, 0.15) is 0 Å². The molecule has 1 aromatic carbocycles. The Bertz CT molecular complexity index is 759. The molecule has 1 aromatic heterocycles. The lowest BCUT2D eigenvalue weighted by Crippen LogP contribution is -2.08. The zero-order valence-electron chi connectivity index (χ0n) is 12.3. The molecule has 5 nitrogen and oxygen atoms in total.